The number of amides is 1. The number of thiazole rings is 1. The Bertz CT molecular complexity index is 919. The molecule has 0 bridgehead atoms. The van der Waals surface area contributed by atoms with E-state index >= 15 is 0 Å². The van der Waals surface area contributed by atoms with Gasteiger partial charge in [0.25, 0.3) is 0 Å². The molecule has 0 saturated heterocycles. The first-order chi connectivity index (χ1) is 13.1. The van der Waals surface area contributed by atoms with Crippen molar-refractivity contribution >= 4 is 22.4 Å². The summed E-state index contributed by atoms with van der Waals surface area (Å²) in [5, 5.41) is 5.36. The second-order valence-corrected chi connectivity index (χ2v) is 6.90. The van der Waals surface area contributed by atoms with Crippen molar-refractivity contribution in [1.29, 1.82) is 0 Å². The molecule has 140 valence electrons. The summed E-state index contributed by atoms with van der Waals surface area (Å²) in [5.41, 5.74) is 3.76. The van der Waals surface area contributed by atoms with Crippen LogP contribution in [0.2, 0.25) is 0 Å². The topological polar surface area (TPSA) is 60.5 Å². The average Bonchev–Trinajstić information content (AvgIpc) is 3.11. The van der Waals surface area contributed by atoms with E-state index in [1.807, 2.05) is 61.7 Å². The lowest BCUT2D eigenvalue weighted by Crippen LogP contribution is -2.14. The zero-order chi connectivity index (χ0) is 19.2. The van der Waals surface area contributed by atoms with Gasteiger partial charge < -0.3 is 14.8 Å². The zero-order valence-corrected chi connectivity index (χ0v) is 16.4. The van der Waals surface area contributed by atoms with Gasteiger partial charge in [0.05, 0.1) is 25.8 Å². The normalized spacial score (nSPS) is 10.5. The number of aromatic nitrogens is 1. The molecule has 1 amide bonds. The van der Waals surface area contributed by atoms with Crippen LogP contribution in [0.4, 0.5) is 5.13 Å². The Balaban J connectivity index is 1.67. The molecule has 0 aliphatic carbocycles. The number of nitrogens with zero attached hydrogens (tertiary/aromatic N) is 1. The van der Waals surface area contributed by atoms with Gasteiger partial charge in [-0.1, -0.05) is 23.8 Å². The van der Waals surface area contributed by atoms with Gasteiger partial charge in [-0.2, -0.15) is 0 Å². The highest BCUT2D eigenvalue weighted by Crippen LogP contribution is 2.33. The Labute approximate surface area is 163 Å². The molecule has 1 N–H and O–H groups in total. The van der Waals surface area contributed by atoms with E-state index in [1.54, 1.807) is 7.11 Å². The number of rotatable bonds is 7. The molecule has 1 aromatic heterocycles. The summed E-state index contributed by atoms with van der Waals surface area (Å²) in [7, 11) is 1.64. The van der Waals surface area contributed by atoms with Crippen LogP contribution in [0.15, 0.2) is 47.8 Å². The number of aryl methyl sites for hydroxylation is 1. The first-order valence-corrected chi connectivity index (χ1v) is 9.59. The van der Waals surface area contributed by atoms with Crippen LogP contribution in [0.3, 0.4) is 0 Å². The predicted molar refractivity (Wildman–Crippen MR) is 109 cm³/mol. The minimum Gasteiger partial charge on any atom is -0.496 e. The fraction of sp³-hybridized carbons (Fsp3) is 0.238. The van der Waals surface area contributed by atoms with E-state index in [-0.39, 0.29) is 12.3 Å². The van der Waals surface area contributed by atoms with Gasteiger partial charge in [-0.25, -0.2) is 4.98 Å². The molecule has 3 aromatic rings. The maximum absolute atomic E-state index is 12.3. The van der Waals surface area contributed by atoms with Crippen LogP contribution in [0.5, 0.6) is 11.5 Å². The third-order valence-corrected chi connectivity index (χ3v) is 4.74. The summed E-state index contributed by atoms with van der Waals surface area (Å²) in [6.07, 6.45) is 0.287. The quantitative estimate of drug-likeness (QED) is 0.643. The first kappa shape index (κ1) is 18.9. The van der Waals surface area contributed by atoms with Gasteiger partial charge >= 0.3 is 0 Å². The van der Waals surface area contributed by atoms with E-state index in [9.17, 15) is 4.79 Å². The summed E-state index contributed by atoms with van der Waals surface area (Å²) in [6.45, 7) is 4.59. The molecule has 0 saturated carbocycles. The molecule has 0 radical (unpaired) electrons. The van der Waals surface area contributed by atoms with Crippen LogP contribution < -0.4 is 14.8 Å². The lowest BCUT2D eigenvalue weighted by Gasteiger charge is -2.07. The number of hydrogen-bond acceptors (Lipinski definition) is 5. The van der Waals surface area contributed by atoms with Gasteiger partial charge in [0.15, 0.2) is 5.13 Å². The Morgan fingerprint density at radius 2 is 1.96 bits per heavy atom. The number of anilines is 1. The second-order valence-electron chi connectivity index (χ2n) is 6.04. The molecule has 0 aliphatic heterocycles. The van der Waals surface area contributed by atoms with Gasteiger partial charge in [-0.15, -0.1) is 11.3 Å². The highest BCUT2D eigenvalue weighted by molar-refractivity contribution is 7.14. The van der Waals surface area contributed by atoms with E-state index in [2.05, 4.69) is 10.3 Å². The second kappa shape index (κ2) is 8.68. The number of hydrogen-bond donors (Lipinski definition) is 1. The zero-order valence-electron chi connectivity index (χ0n) is 15.6. The van der Waals surface area contributed by atoms with Crippen LogP contribution in [-0.2, 0) is 11.2 Å². The van der Waals surface area contributed by atoms with Gasteiger partial charge in [0.2, 0.25) is 5.91 Å². The van der Waals surface area contributed by atoms with Crippen molar-refractivity contribution in [1.82, 2.24) is 4.98 Å². The molecule has 3 rings (SSSR count). The summed E-state index contributed by atoms with van der Waals surface area (Å²) >= 11 is 1.40. The molecule has 0 aliphatic rings. The average molecular weight is 382 g/mol. The highest BCUT2D eigenvalue weighted by atomic mass is 32.1. The maximum Gasteiger partial charge on any atom is 0.230 e. The standard InChI is InChI=1S/C21H22N2O3S/c1-4-26-16-8-6-15(7-9-16)12-20(24)23-21-22-18(13-27-21)17-11-14(2)5-10-19(17)25-3/h5-11,13H,4,12H2,1-3H3,(H,22,23,24). The molecule has 5 nitrogen and oxygen atoms in total. The minimum atomic E-state index is -0.101. The largest absolute Gasteiger partial charge is 0.496 e. The predicted octanol–water partition coefficient (Wildman–Crippen LogP) is 4.71. The number of benzene rings is 2. The number of methoxy groups -OCH3 is 1. The third kappa shape index (κ3) is 4.86. The van der Waals surface area contributed by atoms with Crippen LogP contribution in [0, 0.1) is 6.92 Å². The third-order valence-electron chi connectivity index (χ3n) is 3.98. The van der Waals surface area contributed by atoms with Crippen molar-refractivity contribution in [3.05, 3.63) is 59.0 Å². The molecule has 0 fully saturated rings. The SMILES string of the molecule is CCOc1ccc(CC(=O)Nc2nc(-c3cc(C)ccc3OC)cs2)cc1. The molecule has 2 aromatic carbocycles. The molecule has 6 heteroatoms. The molecular formula is C21H22N2O3S. The van der Waals surface area contributed by atoms with Crippen molar-refractivity contribution in [2.45, 2.75) is 20.3 Å². The number of ether oxygens (including phenoxy) is 2. The molecule has 1 heterocycles. The minimum absolute atomic E-state index is 0.101. The van der Waals surface area contributed by atoms with Crippen molar-refractivity contribution in [3.8, 4) is 22.8 Å². The number of carbonyl (C=O) groups is 1. The van der Waals surface area contributed by atoms with E-state index in [0.29, 0.717) is 11.7 Å². The Morgan fingerprint density at radius 3 is 2.67 bits per heavy atom. The van der Waals surface area contributed by atoms with Crippen molar-refractivity contribution in [3.63, 3.8) is 0 Å². The van der Waals surface area contributed by atoms with Crippen LogP contribution >= 0.6 is 11.3 Å². The summed E-state index contributed by atoms with van der Waals surface area (Å²) in [6, 6.07) is 13.5. The monoisotopic (exact) mass is 382 g/mol. The smallest absolute Gasteiger partial charge is 0.230 e. The van der Waals surface area contributed by atoms with Crippen molar-refractivity contribution < 1.29 is 14.3 Å². The molecule has 27 heavy (non-hydrogen) atoms. The van der Waals surface area contributed by atoms with Crippen LogP contribution in [0.25, 0.3) is 11.3 Å². The Morgan fingerprint density at radius 1 is 1.19 bits per heavy atom. The Kier molecular flexibility index (Phi) is 6.08. The first-order valence-electron chi connectivity index (χ1n) is 8.71. The number of carbonyl (C=O) groups excluding carboxylic acids is 1. The summed E-state index contributed by atoms with van der Waals surface area (Å²) in [4.78, 5) is 16.9. The van der Waals surface area contributed by atoms with E-state index in [1.165, 1.54) is 11.3 Å². The molecule has 0 spiro atoms. The van der Waals surface area contributed by atoms with E-state index in [4.69, 9.17) is 9.47 Å². The molecule has 0 atom stereocenters. The van der Waals surface area contributed by atoms with Gasteiger partial charge in [-0.05, 0) is 43.7 Å². The summed E-state index contributed by atoms with van der Waals surface area (Å²) < 4.78 is 10.8. The van der Waals surface area contributed by atoms with E-state index < -0.39 is 0 Å². The Hall–Kier alpha value is -2.86. The molecular weight excluding hydrogens is 360 g/mol. The fourth-order valence-corrected chi connectivity index (χ4v) is 3.42. The maximum atomic E-state index is 12.3. The number of nitrogens with one attached hydrogen (secondary N) is 1. The summed E-state index contributed by atoms with van der Waals surface area (Å²) in [5.74, 6) is 1.47. The van der Waals surface area contributed by atoms with Gasteiger partial charge in [0, 0.05) is 10.9 Å². The van der Waals surface area contributed by atoms with Crippen LogP contribution in [-0.4, -0.2) is 24.6 Å². The lowest BCUT2D eigenvalue weighted by molar-refractivity contribution is -0.115. The molecule has 0 unspecified atom stereocenters. The van der Waals surface area contributed by atoms with Gasteiger partial charge in [0.1, 0.15) is 11.5 Å². The van der Waals surface area contributed by atoms with Crippen LogP contribution in [0.1, 0.15) is 18.1 Å². The van der Waals surface area contributed by atoms with E-state index in [0.717, 1.165) is 33.9 Å². The van der Waals surface area contributed by atoms with Crippen molar-refractivity contribution in [2.24, 2.45) is 0 Å². The van der Waals surface area contributed by atoms with Crippen molar-refractivity contribution in [2.75, 3.05) is 19.0 Å². The highest BCUT2D eigenvalue weighted by Gasteiger charge is 2.12. The fourth-order valence-electron chi connectivity index (χ4n) is 2.70. The lowest BCUT2D eigenvalue weighted by atomic mass is 10.1. The van der Waals surface area contributed by atoms with Gasteiger partial charge in [-0.3, -0.25) is 4.79 Å².